The van der Waals surface area contributed by atoms with Crippen molar-refractivity contribution in [2.24, 2.45) is 5.92 Å². The van der Waals surface area contributed by atoms with Crippen molar-refractivity contribution in [3.63, 3.8) is 0 Å². The predicted molar refractivity (Wildman–Crippen MR) is 104 cm³/mol. The molecule has 0 aromatic heterocycles. The molecule has 1 saturated heterocycles. The van der Waals surface area contributed by atoms with Gasteiger partial charge in [-0.25, -0.2) is 0 Å². The summed E-state index contributed by atoms with van der Waals surface area (Å²) in [4.78, 5) is 29.0. The van der Waals surface area contributed by atoms with Gasteiger partial charge < -0.3 is 20.4 Å². The van der Waals surface area contributed by atoms with E-state index >= 15 is 0 Å². The van der Waals surface area contributed by atoms with E-state index in [0.717, 1.165) is 32.7 Å². The Morgan fingerprint density at radius 1 is 1.08 bits per heavy atom. The largest absolute Gasteiger partial charge is 0.356 e. The van der Waals surface area contributed by atoms with E-state index in [9.17, 15) is 9.59 Å². The van der Waals surface area contributed by atoms with Crippen LogP contribution in [-0.2, 0) is 4.79 Å². The molecule has 0 radical (unpaired) electrons. The summed E-state index contributed by atoms with van der Waals surface area (Å²) in [7, 11) is 2.15. The lowest BCUT2D eigenvalue weighted by molar-refractivity contribution is -0.121. The van der Waals surface area contributed by atoms with Crippen LogP contribution in [-0.4, -0.2) is 74.0 Å². The Bertz CT molecular complexity index is 570. The fraction of sp³-hybridized carbons (Fsp3) is 0.600. The summed E-state index contributed by atoms with van der Waals surface area (Å²) < 4.78 is 0. The fourth-order valence-electron chi connectivity index (χ4n) is 3.12. The minimum Gasteiger partial charge on any atom is -0.356 e. The molecule has 2 rings (SSSR count). The van der Waals surface area contributed by atoms with Crippen molar-refractivity contribution in [1.29, 1.82) is 0 Å². The highest BCUT2D eigenvalue weighted by atomic mass is 16.2. The zero-order chi connectivity index (χ0) is 18.9. The predicted octanol–water partition coefficient (Wildman–Crippen LogP) is 1.19. The number of benzene rings is 1. The number of amides is 2. The molecule has 2 amide bonds. The molecule has 26 heavy (non-hydrogen) atoms. The molecule has 1 fully saturated rings. The number of hydrogen-bond donors (Lipinski definition) is 2. The molecule has 1 aliphatic heterocycles. The van der Waals surface area contributed by atoms with Gasteiger partial charge in [-0.1, -0.05) is 25.1 Å². The average molecular weight is 361 g/mol. The third-order valence-electron chi connectivity index (χ3n) is 4.72. The third-order valence-corrected chi connectivity index (χ3v) is 4.72. The molecule has 1 aromatic rings. The van der Waals surface area contributed by atoms with Crippen molar-refractivity contribution in [2.45, 2.75) is 26.3 Å². The highest BCUT2D eigenvalue weighted by Crippen LogP contribution is 2.04. The summed E-state index contributed by atoms with van der Waals surface area (Å²) in [6.07, 6.45) is 0.291. The van der Waals surface area contributed by atoms with Gasteiger partial charge in [0.2, 0.25) is 5.91 Å². The van der Waals surface area contributed by atoms with Crippen molar-refractivity contribution in [3.8, 4) is 0 Å². The molecule has 1 aromatic carbocycles. The first-order chi connectivity index (χ1) is 12.4. The van der Waals surface area contributed by atoms with Gasteiger partial charge in [-0.2, -0.15) is 0 Å². The topological polar surface area (TPSA) is 64.7 Å². The molecule has 6 nitrogen and oxygen atoms in total. The summed E-state index contributed by atoms with van der Waals surface area (Å²) in [6.45, 7) is 10.1. The highest BCUT2D eigenvalue weighted by Gasteiger charge is 2.17. The molecule has 2 unspecified atom stereocenters. The normalized spacial score (nSPS) is 18.1. The Morgan fingerprint density at radius 2 is 1.73 bits per heavy atom. The first kappa shape index (κ1) is 20.4. The first-order valence-electron chi connectivity index (χ1n) is 9.47. The maximum Gasteiger partial charge on any atom is 0.251 e. The van der Waals surface area contributed by atoms with E-state index in [1.165, 1.54) is 0 Å². The summed E-state index contributed by atoms with van der Waals surface area (Å²) >= 11 is 0. The number of nitrogens with zero attached hydrogens (tertiary/aromatic N) is 2. The van der Waals surface area contributed by atoms with Gasteiger partial charge in [-0.3, -0.25) is 9.59 Å². The van der Waals surface area contributed by atoms with Crippen molar-refractivity contribution in [2.75, 3.05) is 46.3 Å². The average Bonchev–Trinajstić information content (AvgIpc) is 2.62. The maximum atomic E-state index is 12.1. The SMILES string of the molecule is CC(CNC(=O)CC(C)NC(=O)c1ccccc1)CN1CCN(C)CC1. The lowest BCUT2D eigenvalue weighted by Gasteiger charge is -2.34. The van der Waals surface area contributed by atoms with E-state index in [2.05, 4.69) is 34.4 Å². The molecule has 1 aliphatic rings. The van der Waals surface area contributed by atoms with E-state index in [-0.39, 0.29) is 17.9 Å². The minimum atomic E-state index is -0.198. The van der Waals surface area contributed by atoms with Crippen LogP contribution in [0.15, 0.2) is 30.3 Å². The Labute approximate surface area is 156 Å². The lowest BCUT2D eigenvalue weighted by atomic mass is 10.1. The number of carbonyl (C=O) groups is 2. The van der Waals surface area contributed by atoms with Crippen LogP contribution in [0.3, 0.4) is 0 Å². The number of hydrogen-bond acceptors (Lipinski definition) is 4. The van der Waals surface area contributed by atoms with Gasteiger partial charge in [0.05, 0.1) is 0 Å². The van der Waals surface area contributed by atoms with Gasteiger partial charge >= 0.3 is 0 Å². The van der Waals surface area contributed by atoms with E-state index in [1.54, 1.807) is 12.1 Å². The fourth-order valence-corrected chi connectivity index (χ4v) is 3.12. The maximum absolute atomic E-state index is 12.1. The molecular formula is C20H32N4O2. The second-order valence-corrected chi connectivity index (χ2v) is 7.46. The number of rotatable bonds is 8. The monoisotopic (exact) mass is 360 g/mol. The second-order valence-electron chi connectivity index (χ2n) is 7.46. The van der Waals surface area contributed by atoms with Crippen LogP contribution in [0.25, 0.3) is 0 Å². The van der Waals surface area contributed by atoms with Gasteiger partial charge in [0, 0.05) is 57.3 Å². The Morgan fingerprint density at radius 3 is 2.38 bits per heavy atom. The lowest BCUT2D eigenvalue weighted by Crippen LogP contribution is -2.47. The summed E-state index contributed by atoms with van der Waals surface area (Å²) in [5.74, 6) is 0.252. The van der Waals surface area contributed by atoms with Gasteiger partial charge in [-0.15, -0.1) is 0 Å². The zero-order valence-electron chi connectivity index (χ0n) is 16.2. The minimum absolute atomic E-state index is 0.0175. The van der Waals surface area contributed by atoms with Gasteiger partial charge in [0.1, 0.15) is 0 Å². The number of nitrogens with one attached hydrogen (secondary N) is 2. The highest BCUT2D eigenvalue weighted by molar-refractivity contribution is 5.94. The number of piperazine rings is 1. The van der Waals surface area contributed by atoms with Crippen LogP contribution in [0.4, 0.5) is 0 Å². The van der Waals surface area contributed by atoms with Crippen molar-refractivity contribution >= 4 is 11.8 Å². The van der Waals surface area contributed by atoms with Crippen LogP contribution in [0.5, 0.6) is 0 Å². The van der Waals surface area contributed by atoms with E-state index in [0.29, 0.717) is 24.4 Å². The number of likely N-dealkylation sites (N-methyl/N-ethyl adjacent to an activating group) is 1. The Balaban J connectivity index is 1.63. The molecule has 2 atom stereocenters. The quantitative estimate of drug-likeness (QED) is 0.731. The summed E-state index contributed by atoms with van der Waals surface area (Å²) in [6, 6.07) is 8.86. The van der Waals surface area contributed by atoms with Crippen LogP contribution in [0.2, 0.25) is 0 Å². The van der Waals surface area contributed by atoms with Gasteiger partial charge in [0.25, 0.3) is 5.91 Å². The molecule has 1 heterocycles. The van der Waals surface area contributed by atoms with Crippen molar-refractivity contribution in [1.82, 2.24) is 20.4 Å². The Kier molecular flexibility index (Phi) is 8.06. The van der Waals surface area contributed by atoms with Crippen LogP contribution < -0.4 is 10.6 Å². The Hall–Kier alpha value is -1.92. The van der Waals surface area contributed by atoms with E-state index in [1.807, 2.05) is 25.1 Å². The summed E-state index contributed by atoms with van der Waals surface area (Å²) in [5, 5.41) is 5.87. The number of carbonyl (C=O) groups excluding carboxylic acids is 2. The molecule has 2 N–H and O–H groups in total. The van der Waals surface area contributed by atoms with Gasteiger partial charge in [0.15, 0.2) is 0 Å². The molecule has 0 saturated carbocycles. The molecular weight excluding hydrogens is 328 g/mol. The standard InChI is InChI=1S/C20H32N4O2/c1-16(15-24-11-9-23(3)10-12-24)14-21-19(25)13-17(2)22-20(26)18-7-5-4-6-8-18/h4-8,16-17H,9-15H2,1-3H3,(H,21,25)(H,22,26). The molecule has 6 heteroatoms. The molecule has 0 spiro atoms. The zero-order valence-corrected chi connectivity index (χ0v) is 16.2. The first-order valence-corrected chi connectivity index (χ1v) is 9.47. The van der Waals surface area contributed by atoms with Crippen LogP contribution in [0.1, 0.15) is 30.6 Å². The second kappa shape index (κ2) is 10.3. The van der Waals surface area contributed by atoms with E-state index in [4.69, 9.17) is 0 Å². The van der Waals surface area contributed by atoms with Crippen molar-refractivity contribution < 1.29 is 9.59 Å². The molecule has 0 aliphatic carbocycles. The van der Waals surface area contributed by atoms with Crippen LogP contribution >= 0.6 is 0 Å². The van der Waals surface area contributed by atoms with Crippen LogP contribution in [0, 0.1) is 5.92 Å². The third kappa shape index (κ3) is 7.14. The smallest absolute Gasteiger partial charge is 0.251 e. The molecule has 144 valence electrons. The van der Waals surface area contributed by atoms with Crippen molar-refractivity contribution in [3.05, 3.63) is 35.9 Å². The summed E-state index contributed by atoms with van der Waals surface area (Å²) in [5.41, 5.74) is 0.612. The molecule has 0 bridgehead atoms. The van der Waals surface area contributed by atoms with E-state index < -0.39 is 0 Å². The van der Waals surface area contributed by atoms with Gasteiger partial charge in [-0.05, 0) is 32.0 Å².